The lowest BCUT2D eigenvalue weighted by atomic mass is 10.0. The fraction of sp³-hybridized carbons (Fsp3) is 0.405. The summed E-state index contributed by atoms with van der Waals surface area (Å²) in [5.74, 6) is 0.729. The Bertz CT molecular complexity index is 2220. The van der Waals surface area contributed by atoms with E-state index in [0.717, 1.165) is 91.6 Å². The number of benzene rings is 2. The van der Waals surface area contributed by atoms with Gasteiger partial charge in [0.2, 0.25) is 5.56 Å². The van der Waals surface area contributed by atoms with Gasteiger partial charge in [0, 0.05) is 67.0 Å². The number of nitrogens with zero attached hydrogens (tertiary/aromatic N) is 1. The molecule has 3 heterocycles. The first-order valence-corrected chi connectivity index (χ1v) is 19.4. The van der Waals surface area contributed by atoms with E-state index in [1.807, 2.05) is 44.2 Å². The lowest BCUT2D eigenvalue weighted by molar-refractivity contribution is 0.0904. The van der Waals surface area contributed by atoms with Crippen LogP contribution in [0.25, 0.3) is 10.9 Å². The second-order valence-corrected chi connectivity index (χ2v) is 14.0. The SMILES string of the molecule is CCNc1nc(CC)c(CNc2c(Nc3ccc(CCCCCNCCc4ccc(O)c5[nH]c(=O)ccc45)cc3)c(=O)c2=O)c(NC2CCOCC2)c1C=N. The van der Waals surface area contributed by atoms with E-state index in [4.69, 9.17) is 15.1 Å². The number of nitrogens with one attached hydrogen (secondary N) is 7. The summed E-state index contributed by atoms with van der Waals surface area (Å²) in [6.07, 6.45) is 8.58. The van der Waals surface area contributed by atoms with Gasteiger partial charge in [-0.3, -0.25) is 14.4 Å². The Balaban J connectivity index is 0.997. The van der Waals surface area contributed by atoms with Gasteiger partial charge in [0.05, 0.1) is 16.8 Å². The molecule has 5 aromatic rings. The van der Waals surface area contributed by atoms with E-state index >= 15 is 0 Å². The summed E-state index contributed by atoms with van der Waals surface area (Å²) in [7, 11) is 0. The first-order valence-electron chi connectivity index (χ1n) is 19.4. The van der Waals surface area contributed by atoms with Gasteiger partial charge in [0.1, 0.15) is 22.9 Å². The number of aryl methyl sites for hydroxylation is 2. The number of aromatic hydroxyl groups is 1. The van der Waals surface area contributed by atoms with Crippen molar-refractivity contribution in [1.29, 1.82) is 5.41 Å². The van der Waals surface area contributed by atoms with E-state index in [-0.39, 0.29) is 35.3 Å². The lowest BCUT2D eigenvalue weighted by Crippen LogP contribution is -2.36. The maximum atomic E-state index is 12.8. The molecule has 13 heteroatoms. The number of pyridine rings is 2. The number of hydrogen-bond acceptors (Lipinski definition) is 12. The van der Waals surface area contributed by atoms with Crippen molar-refractivity contribution >= 4 is 45.7 Å². The van der Waals surface area contributed by atoms with Crippen LogP contribution in [0.4, 0.5) is 28.6 Å². The molecule has 3 aromatic carbocycles. The number of hydrogen-bond donors (Lipinski definition) is 8. The van der Waals surface area contributed by atoms with Crippen molar-refractivity contribution < 1.29 is 9.84 Å². The topological polar surface area (TPSA) is 193 Å². The van der Waals surface area contributed by atoms with Gasteiger partial charge in [-0.2, -0.15) is 0 Å². The number of phenols is 1. The van der Waals surface area contributed by atoms with Crippen molar-refractivity contribution in [3.8, 4) is 5.75 Å². The normalized spacial score (nSPS) is 13.3. The Morgan fingerprint density at radius 2 is 1.67 bits per heavy atom. The van der Waals surface area contributed by atoms with Crippen LogP contribution in [-0.4, -0.2) is 60.2 Å². The van der Waals surface area contributed by atoms with E-state index in [2.05, 4.69) is 31.6 Å². The molecule has 1 aliphatic rings. The zero-order valence-electron chi connectivity index (χ0n) is 31.7. The number of H-pyrrole nitrogens is 1. The average molecular weight is 749 g/mol. The fourth-order valence-corrected chi connectivity index (χ4v) is 7.20. The molecule has 0 atom stereocenters. The highest BCUT2D eigenvalue weighted by Gasteiger charge is 2.25. The van der Waals surface area contributed by atoms with Crippen molar-refractivity contribution in [2.45, 2.75) is 77.8 Å². The maximum Gasteiger partial charge on any atom is 0.253 e. The molecule has 290 valence electrons. The molecular formula is C42H52N8O5. The summed E-state index contributed by atoms with van der Waals surface area (Å²) < 4.78 is 5.56. The molecule has 0 spiro atoms. The number of unbranched alkanes of at least 4 members (excludes halogenated alkanes) is 2. The minimum atomic E-state index is -0.554. The highest BCUT2D eigenvalue weighted by molar-refractivity contribution is 5.94. The zero-order chi connectivity index (χ0) is 38.7. The molecule has 0 saturated carbocycles. The molecule has 2 aromatic heterocycles. The Kier molecular flexibility index (Phi) is 13.3. The smallest absolute Gasteiger partial charge is 0.253 e. The average Bonchev–Trinajstić information content (AvgIpc) is 3.20. The molecular weight excluding hydrogens is 697 g/mol. The largest absolute Gasteiger partial charge is 0.506 e. The third kappa shape index (κ3) is 9.41. The predicted molar refractivity (Wildman–Crippen MR) is 222 cm³/mol. The van der Waals surface area contributed by atoms with Crippen molar-refractivity contribution in [1.82, 2.24) is 15.3 Å². The molecule has 0 amide bonds. The van der Waals surface area contributed by atoms with E-state index < -0.39 is 10.9 Å². The quantitative estimate of drug-likeness (QED) is 0.0276. The number of rotatable bonds is 20. The first kappa shape index (κ1) is 39.2. The second-order valence-electron chi connectivity index (χ2n) is 14.0. The highest BCUT2D eigenvalue weighted by Crippen LogP contribution is 2.32. The van der Waals surface area contributed by atoms with Crippen LogP contribution in [0.15, 0.2) is 62.9 Å². The molecule has 55 heavy (non-hydrogen) atoms. The number of aromatic nitrogens is 2. The summed E-state index contributed by atoms with van der Waals surface area (Å²) in [4.78, 5) is 44.8. The second kappa shape index (κ2) is 18.7. The van der Waals surface area contributed by atoms with Crippen LogP contribution in [0.1, 0.15) is 73.9 Å². The number of fused-ring (bicyclic) bond motifs is 1. The maximum absolute atomic E-state index is 12.8. The van der Waals surface area contributed by atoms with Gasteiger partial charge in [-0.15, -0.1) is 0 Å². The Labute approximate surface area is 320 Å². The monoisotopic (exact) mass is 748 g/mol. The Morgan fingerprint density at radius 3 is 2.42 bits per heavy atom. The summed E-state index contributed by atoms with van der Waals surface area (Å²) in [5.41, 5.74) is 5.85. The van der Waals surface area contributed by atoms with Crippen molar-refractivity contribution in [2.24, 2.45) is 0 Å². The number of ether oxygens (including phenoxy) is 1. The third-order valence-electron chi connectivity index (χ3n) is 10.2. The van der Waals surface area contributed by atoms with Crippen LogP contribution in [0.2, 0.25) is 0 Å². The van der Waals surface area contributed by atoms with Gasteiger partial charge in [-0.25, -0.2) is 4.98 Å². The standard InChI is InChI=1S/C42H52N8O5/c1-3-33-32(36(47-29-18-22-55-23-19-29)31(24-43)42(49-33)45-4-2)25-46-38-39(41(54)40(38)53)48-28-12-9-26(10-13-28)8-6-5-7-20-44-21-17-27-11-15-34(51)37-30(27)14-16-35(52)50-37/h9-16,24,29,43-44,46,48,51H,3-8,17-23,25H2,1-2H3,(H,50,52)(H2,45,47,49). The van der Waals surface area contributed by atoms with Gasteiger partial charge in [-0.05, 0) is 100 Å². The molecule has 0 radical (unpaired) electrons. The van der Waals surface area contributed by atoms with E-state index in [1.54, 1.807) is 12.1 Å². The Morgan fingerprint density at radius 1 is 0.891 bits per heavy atom. The molecule has 1 fully saturated rings. The van der Waals surface area contributed by atoms with Crippen molar-refractivity contribution in [3.05, 3.63) is 107 Å². The third-order valence-corrected chi connectivity index (χ3v) is 10.2. The summed E-state index contributed by atoms with van der Waals surface area (Å²) in [5, 5.41) is 36.1. The van der Waals surface area contributed by atoms with Gasteiger partial charge >= 0.3 is 0 Å². The number of aromatic amines is 1. The van der Waals surface area contributed by atoms with Gasteiger partial charge in [0.25, 0.3) is 10.9 Å². The summed E-state index contributed by atoms with van der Waals surface area (Å²) in [6.45, 7) is 8.01. The molecule has 13 nitrogen and oxygen atoms in total. The fourth-order valence-electron chi connectivity index (χ4n) is 7.20. The summed E-state index contributed by atoms with van der Waals surface area (Å²) in [6, 6.07) is 14.9. The van der Waals surface area contributed by atoms with E-state index in [0.29, 0.717) is 43.1 Å². The molecule has 8 N–H and O–H groups in total. The van der Waals surface area contributed by atoms with Crippen LogP contribution in [0.5, 0.6) is 5.75 Å². The van der Waals surface area contributed by atoms with E-state index in [1.165, 1.54) is 17.8 Å². The van der Waals surface area contributed by atoms with Gasteiger partial charge < -0.3 is 46.8 Å². The number of anilines is 5. The van der Waals surface area contributed by atoms with Crippen LogP contribution in [0, 0.1) is 5.41 Å². The van der Waals surface area contributed by atoms with Crippen LogP contribution >= 0.6 is 0 Å². The van der Waals surface area contributed by atoms with Crippen molar-refractivity contribution in [3.63, 3.8) is 0 Å². The van der Waals surface area contributed by atoms with Gasteiger partial charge in [0.15, 0.2) is 0 Å². The Hall–Kier alpha value is -5.53. The predicted octanol–water partition coefficient (Wildman–Crippen LogP) is 5.71. The zero-order valence-corrected chi connectivity index (χ0v) is 31.7. The minimum absolute atomic E-state index is 0.0779. The highest BCUT2D eigenvalue weighted by atomic mass is 16.5. The molecule has 0 aliphatic carbocycles. The molecule has 1 saturated heterocycles. The van der Waals surface area contributed by atoms with Crippen LogP contribution < -0.4 is 43.0 Å². The van der Waals surface area contributed by atoms with Gasteiger partial charge in [-0.1, -0.05) is 31.5 Å². The van der Waals surface area contributed by atoms with E-state index in [9.17, 15) is 19.5 Å². The molecule has 6 rings (SSSR count). The van der Waals surface area contributed by atoms with Crippen LogP contribution in [0.3, 0.4) is 0 Å². The molecule has 1 aliphatic heterocycles. The van der Waals surface area contributed by atoms with Crippen LogP contribution in [-0.2, 0) is 30.5 Å². The first-order chi connectivity index (χ1) is 26.8. The van der Waals surface area contributed by atoms with Crippen molar-refractivity contribution in [2.75, 3.05) is 54.1 Å². The number of phenolic OH excluding ortho intramolecular Hbond substituents is 1. The lowest BCUT2D eigenvalue weighted by Gasteiger charge is -2.28. The summed E-state index contributed by atoms with van der Waals surface area (Å²) >= 11 is 0. The minimum Gasteiger partial charge on any atom is -0.506 e. The molecule has 0 unspecified atom stereocenters. The molecule has 0 bridgehead atoms.